The van der Waals surface area contributed by atoms with E-state index in [0.717, 1.165) is 18.2 Å². The molecule has 0 saturated heterocycles. The van der Waals surface area contributed by atoms with Crippen LogP contribution in [-0.2, 0) is 0 Å². The minimum absolute atomic E-state index is 0.158. The lowest BCUT2D eigenvalue weighted by atomic mass is 10.2. The summed E-state index contributed by atoms with van der Waals surface area (Å²) in [5.74, 6) is -4.18. The first-order valence-corrected chi connectivity index (χ1v) is 6.19. The molecule has 0 aliphatic rings. The second-order valence-corrected chi connectivity index (χ2v) is 4.82. The molecule has 2 aromatic carbocycles. The maximum absolute atomic E-state index is 13.6. The van der Waals surface area contributed by atoms with Gasteiger partial charge in [0, 0.05) is 4.47 Å². The molecule has 0 heterocycles. The van der Waals surface area contributed by atoms with Crippen molar-refractivity contribution in [3.05, 3.63) is 57.8 Å². The monoisotopic (exact) mass is 344 g/mol. The van der Waals surface area contributed by atoms with Crippen molar-refractivity contribution in [2.24, 2.45) is 0 Å². The van der Waals surface area contributed by atoms with Gasteiger partial charge in [-0.3, -0.25) is 4.79 Å². The van der Waals surface area contributed by atoms with Crippen LogP contribution in [0.3, 0.4) is 0 Å². The summed E-state index contributed by atoms with van der Waals surface area (Å²) in [5.41, 5.74) is 4.47. The highest BCUT2D eigenvalue weighted by Gasteiger charge is 2.17. The molecule has 0 unspecified atom stereocenters. The van der Waals surface area contributed by atoms with Crippen molar-refractivity contribution in [3.8, 4) is 0 Å². The van der Waals surface area contributed by atoms with E-state index in [9.17, 15) is 18.0 Å². The molecule has 0 bridgehead atoms. The minimum Gasteiger partial charge on any atom is -0.397 e. The largest absolute Gasteiger partial charge is 0.397 e. The molecule has 0 aliphatic heterocycles. The van der Waals surface area contributed by atoms with Gasteiger partial charge >= 0.3 is 0 Å². The zero-order valence-corrected chi connectivity index (χ0v) is 11.5. The molecule has 0 aromatic heterocycles. The van der Waals surface area contributed by atoms with Crippen LogP contribution >= 0.6 is 15.9 Å². The molecule has 0 spiro atoms. The molecule has 0 radical (unpaired) electrons. The van der Waals surface area contributed by atoms with Crippen LogP contribution in [0.2, 0.25) is 0 Å². The van der Waals surface area contributed by atoms with Gasteiger partial charge < -0.3 is 11.1 Å². The molecular formula is C13H8BrF3N2O. The Bertz CT molecular complexity index is 692. The molecule has 20 heavy (non-hydrogen) atoms. The Morgan fingerprint density at radius 3 is 2.45 bits per heavy atom. The van der Waals surface area contributed by atoms with Gasteiger partial charge in [0.25, 0.3) is 5.91 Å². The molecule has 1 amide bonds. The third-order valence-electron chi connectivity index (χ3n) is 2.54. The van der Waals surface area contributed by atoms with Crippen LogP contribution in [0.5, 0.6) is 0 Å². The number of anilines is 2. The maximum Gasteiger partial charge on any atom is 0.258 e. The fourth-order valence-corrected chi connectivity index (χ4v) is 1.88. The molecule has 0 aliphatic carbocycles. The molecule has 0 saturated carbocycles. The quantitative estimate of drug-likeness (QED) is 0.816. The smallest absolute Gasteiger partial charge is 0.258 e. The predicted octanol–water partition coefficient (Wildman–Crippen LogP) is 3.70. The Balaban J connectivity index is 2.35. The van der Waals surface area contributed by atoms with Crippen LogP contribution in [0.1, 0.15) is 10.4 Å². The van der Waals surface area contributed by atoms with Crippen molar-refractivity contribution in [2.45, 2.75) is 0 Å². The van der Waals surface area contributed by atoms with Crippen LogP contribution < -0.4 is 11.1 Å². The number of nitrogens with two attached hydrogens (primary N) is 1. The molecule has 7 heteroatoms. The number of benzene rings is 2. The second-order valence-electron chi connectivity index (χ2n) is 3.90. The first-order valence-electron chi connectivity index (χ1n) is 5.40. The Labute approximate surface area is 120 Å². The number of amides is 1. The number of nitrogens with one attached hydrogen (secondary N) is 1. The summed E-state index contributed by atoms with van der Waals surface area (Å²) in [6.07, 6.45) is 0. The number of hydrogen-bond acceptors (Lipinski definition) is 2. The highest BCUT2D eigenvalue weighted by molar-refractivity contribution is 9.10. The average molecular weight is 345 g/mol. The van der Waals surface area contributed by atoms with E-state index in [4.69, 9.17) is 5.73 Å². The van der Waals surface area contributed by atoms with E-state index in [2.05, 4.69) is 21.2 Å². The maximum atomic E-state index is 13.6. The van der Waals surface area contributed by atoms with Crippen molar-refractivity contribution in [1.29, 1.82) is 0 Å². The molecule has 3 N–H and O–H groups in total. The minimum atomic E-state index is -1.30. The van der Waals surface area contributed by atoms with Crippen LogP contribution in [-0.4, -0.2) is 5.91 Å². The molecule has 0 fully saturated rings. The van der Waals surface area contributed by atoms with Crippen LogP contribution in [0, 0.1) is 17.5 Å². The Morgan fingerprint density at radius 2 is 1.80 bits per heavy atom. The summed E-state index contributed by atoms with van der Waals surface area (Å²) in [4.78, 5) is 11.9. The molecule has 104 valence electrons. The van der Waals surface area contributed by atoms with Gasteiger partial charge in [0.05, 0.1) is 11.3 Å². The number of rotatable bonds is 2. The van der Waals surface area contributed by atoms with E-state index < -0.39 is 29.0 Å². The van der Waals surface area contributed by atoms with E-state index in [-0.39, 0.29) is 11.3 Å². The van der Waals surface area contributed by atoms with Gasteiger partial charge in [0.15, 0.2) is 11.6 Å². The highest BCUT2D eigenvalue weighted by atomic mass is 79.9. The van der Waals surface area contributed by atoms with E-state index in [1.54, 1.807) is 0 Å². The normalized spacial score (nSPS) is 10.4. The predicted molar refractivity (Wildman–Crippen MR) is 72.8 cm³/mol. The molecule has 2 rings (SSSR count). The first-order chi connectivity index (χ1) is 9.40. The van der Waals surface area contributed by atoms with E-state index in [1.807, 2.05) is 0 Å². The number of hydrogen-bond donors (Lipinski definition) is 2. The topological polar surface area (TPSA) is 55.1 Å². The van der Waals surface area contributed by atoms with Crippen molar-refractivity contribution >= 4 is 33.2 Å². The Kier molecular flexibility index (Phi) is 3.99. The molecular weight excluding hydrogens is 337 g/mol. The van der Waals surface area contributed by atoms with E-state index in [1.165, 1.54) is 12.1 Å². The zero-order chi connectivity index (χ0) is 14.9. The van der Waals surface area contributed by atoms with Crippen LogP contribution in [0.15, 0.2) is 34.8 Å². The SMILES string of the molecule is Nc1ccc(F)c(F)c1NC(=O)c1ccc(Br)cc1F. The number of halogens is 4. The summed E-state index contributed by atoms with van der Waals surface area (Å²) >= 11 is 3.04. The number of carbonyl (C=O) groups is 1. The van der Waals surface area contributed by atoms with Crippen molar-refractivity contribution in [3.63, 3.8) is 0 Å². The lowest BCUT2D eigenvalue weighted by molar-refractivity contribution is 0.102. The van der Waals surface area contributed by atoms with Crippen molar-refractivity contribution < 1.29 is 18.0 Å². The van der Waals surface area contributed by atoms with Gasteiger partial charge in [-0.2, -0.15) is 0 Å². The third kappa shape index (κ3) is 2.77. The van der Waals surface area contributed by atoms with Gasteiger partial charge in [0.2, 0.25) is 0 Å². The summed E-state index contributed by atoms with van der Waals surface area (Å²) in [7, 11) is 0. The van der Waals surface area contributed by atoms with Crippen LogP contribution in [0.4, 0.5) is 24.5 Å². The summed E-state index contributed by atoms with van der Waals surface area (Å²) in [5, 5.41) is 2.06. The Morgan fingerprint density at radius 1 is 1.10 bits per heavy atom. The van der Waals surface area contributed by atoms with Gasteiger partial charge in [0.1, 0.15) is 11.5 Å². The number of carbonyl (C=O) groups excluding carboxylic acids is 1. The summed E-state index contributed by atoms with van der Waals surface area (Å²) in [6, 6.07) is 5.68. The molecule has 0 atom stereocenters. The molecule has 3 nitrogen and oxygen atoms in total. The van der Waals surface area contributed by atoms with Gasteiger partial charge in [-0.15, -0.1) is 0 Å². The second kappa shape index (κ2) is 5.54. The highest BCUT2D eigenvalue weighted by Crippen LogP contribution is 2.25. The summed E-state index contributed by atoms with van der Waals surface area (Å²) in [6.45, 7) is 0. The fraction of sp³-hybridized carbons (Fsp3) is 0. The number of nitrogen functional groups attached to an aromatic ring is 1. The van der Waals surface area contributed by atoms with Gasteiger partial charge in [-0.05, 0) is 30.3 Å². The van der Waals surface area contributed by atoms with Gasteiger partial charge in [-0.1, -0.05) is 15.9 Å². The van der Waals surface area contributed by atoms with E-state index >= 15 is 0 Å². The van der Waals surface area contributed by atoms with Crippen molar-refractivity contribution in [1.82, 2.24) is 0 Å². The Hall–Kier alpha value is -2.02. The van der Waals surface area contributed by atoms with E-state index in [0.29, 0.717) is 4.47 Å². The van der Waals surface area contributed by atoms with Crippen molar-refractivity contribution in [2.75, 3.05) is 11.1 Å². The van der Waals surface area contributed by atoms with Gasteiger partial charge in [-0.25, -0.2) is 13.2 Å². The standard InChI is InChI=1S/C13H8BrF3N2O/c14-6-1-2-7(9(16)5-6)13(20)19-12-10(18)4-3-8(15)11(12)17/h1-5H,18H2,(H,19,20). The summed E-state index contributed by atoms with van der Waals surface area (Å²) < 4.78 is 40.7. The fourth-order valence-electron chi connectivity index (χ4n) is 1.55. The lowest BCUT2D eigenvalue weighted by Crippen LogP contribution is -2.16. The van der Waals surface area contributed by atoms with Crippen LogP contribution in [0.25, 0.3) is 0 Å². The zero-order valence-electron chi connectivity index (χ0n) is 9.88. The lowest BCUT2D eigenvalue weighted by Gasteiger charge is -2.10. The molecule has 2 aromatic rings. The first kappa shape index (κ1) is 14.4. The third-order valence-corrected chi connectivity index (χ3v) is 3.03. The average Bonchev–Trinajstić information content (AvgIpc) is 2.39.